The van der Waals surface area contributed by atoms with Crippen LogP contribution in [0.2, 0.25) is 0 Å². The van der Waals surface area contributed by atoms with Crippen molar-refractivity contribution >= 4 is 28.7 Å². The van der Waals surface area contributed by atoms with E-state index in [0.717, 1.165) is 20.8 Å². The van der Waals surface area contributed by atoms with E-state index in [-0.39, 0.29) is 31.2 Å². The molecule has 0 unspecified atom stereocenters. The molecule has 3 aromatic rings. The van der Waals surface area contributed by atoms with Crippen molar-refractivity contribution in [3.8, 4) is 0 Å². The standard InChI is InChI=1S/C20H20F2N6O2S/c1-25-8-13-4-2-3-5-17(13)28(19(25)29)15-6-16(31-11-15)10-26-12-24-27(20(26)30)9-14(7-23)18(21)22/h2-6,11-12H,7-10,23H2,1H3. The lowest BCUT2D eigenvalue weighted by atomic mass is 10.1. The zero-order valence-electron chi connectivity index (χ0n) is 16.7. The number of hydrogen-bond acceptors (Lipinski definition) is 5. The Morgan fingerprint density at radius 2 is 2.03 bits per heavy atom. The van der Waals surface area contributed by atoms with Crippen molar-refractivity contribution < 1.29 is 13.6 Å². The van der Waals surface area contributed by atoms with Crippen LogP contribution < -0.4 is 16.3 Å². The zero-order valence-corrected chi connectivity index (χ0v) is 17.5. The van der Waals surface area contributed by atoms with E-state index < -0.39 is 11.8 Å². The monoisotopic (exact) mass is 446 g/mol. The maximum Gasteiger partial charge on any atom is 0.346 e. The van der Waals surface area contributed by atoms with Crippen LogP contribution in [0, 0.1) is 0 Å². The van der Waals surface area contributed by atoms with Crippen LogP contribution in [0.15, 0.2) is 58.5 Å². The number of carbonyl (C=O) groups excluding carboxylic acids is 1. The molecule has 0 radical (unpaired) electrons. The maximum atomic E-state index is 12.8. The first-order valence-electron chi connectivity index (χ1n) is 9.45. The lowest BCUT2D eigenvalue weighted by Crippen LogP contribution is -2.42. The van der Waals surface area contributed by atoms with Gasteiger partial charge in [-0.15, -0.1) is 11.3 Å². The Morgan fingerprint density at radius 1 is 1.26 bits per heavy atom. The largest absolute Gasteiger partial charge is 0.346 e. The molecule has 3 heterocycles. The van der Waals surface area contributed by atoms with E-state index in [1.807, 2.05) is 35.7 Å². The molecule has 0 saturated heterocycles. The number of amides is 2. The molecule has 4 rings (SSSR count). The molecule has 162 valence electrons. The second-order valence-corrected chi connectivity index (χ2v) is 8.14. The second kappa shape index (κ2) is 8.44. The first-order chi connectivity index (χ1) is 14.9. The van der Waals surface area contributed by atoms with E-state index in [9.17, 15) is 18.4 Å². The van der Waals surface area contributed by atoms with E-state index in [1.165, 1.54) is 22.2 Å². The normalized spacial score (nSPS) is 13.5. The van der Waals surface area contributed by atoms with Crippen molar-refractivity contribution in [3.63, 3.8) is 0 Å². The Morgan fingerprint density at radius 3 is 2.77 bits per heavy atom. The van der Waals surface area contributed by atoms with E-state index in [2.05, 4.69) is 5.10 Å². The zero-order chi connectivity index (χ0) is 22.1. The lowest BCUT2D eigenvalue weighted by molar-refractivity contribution is 0.213. The summed E-state index contributed by atoms with van der Waals surface area (Å²) in [6.07, 6.45) is -0.593. The fourth-order valence-electron chi connectivity index (χ4n) is 3.42. The van der Waals surface area contributed by atoms with Gasteiger partial charge in [-0.25, -0.2) is 14.3 Å². The van der Waals surface area contributed by atoms with Crippen molar-refractivity contribution in [2.75, 3.05) is 18.5 Å². The molecule has 8 nitrogen and oxygen atoms in total. The third kappa shape index (κ3) is 4.01. The molecule has 0 atom stereocenters. The van der Waals surface area contributed by atoms with Gasteiger partial charge in [0.05, 0.1) is 24.5 Å². The molecule has 0 aliphatic carbocycles. The summed E-state index contributed by atoms with van der Waals surface area (Å²) in [7, 11) is 1.75. The highest BCUT2D eigenvalue weighted by Gasteiger charge is 2.29. The van der Waals surface area contributed by atoms with Gasteiger partial charge in [0.1, 0.15) is 6.33 Å². The second-order valence-electron chi connectivity index (χ2n) is 7.14. The van der Waals surface area contributed by atoms with Crippen molar-refractivity contribution in [2.45, 2.75) is 19.6 Å². The maximum absolute atomic E-state index is 12.8. The first-order valence-corrected chi connectivity index (χ1v) is 10.3. The average Bonchev–Trinajstić information content (AvgIpc) is 3.34. The number of rotatable bonds is 6. The number of carbonyl (C=O) groups is 1. The predicted molar refractivity (Wildman–Crippen MR) is 114 cm³/mol. The summed E-state index contributed by atoms with van der Waals surface area (Å²) in [6, 6.07) is 9.41. The van der Waals surface area contributed by atoms with Crippen LogP contribution >= 0.6 is 11.3 Å². The third-order valence-electron chi connectivity index (χ3n) is 5.03. The Hall–Kier alpha value is -3.31. The molecular formula is C20H20F2N6O2S. The molecule has 0 spiro atoms. The Labute approximate surface area is 180 Å². The van der Waals surface area contributed by atoms with Crippen molar-refractivity contribution in [1.82, 2.24) is 19.2 Å². The van der Waals surface area contributed by atoms with Crippen LogP contribution in [0.25, 0.3) is 0 Å². The van der Waals surface area contributed by atoms with Gasteiger partial charge < -0.3 is 10.6 Å². The third-order valence-corrected chi connectivity index (χ3v) is 5.94. The highest BCUT2D eigenvalue weighted by atomic mass is 32.1. The number of anilines is 2. The number of benzene rings is 1. The summed E-state index contributed by atoms with van der Waals surface area (Å²) in [5.74, 6) is 0. The fourth-order valence-corrected chi connectivity index (χ4v) is 4.27. The molecule has 2 amide bonds. The summed E-state index contributed by atoms with van der Waals surface area (Å²) >= 11 is 1.40. The molecule has 1 aromatic carbocycles. The van der Waals surface area contributed by atoms with Crippen LogP contribution in [0.3, 0.4) is 0 Å². The van der Waals surface area contributed by atoms with Gasteiger partial charge in [0.2, 0.25) is 0 Å². The van der Waals surface area contributed by atoms with E-state index >= 15 is 0 Å². The number of nitrogens with two attached hydrogens (primary N) is 1. The number of thiophene rings is 1. The van der Waals surface area contributed by atoms with Crippen LogP contribution in [-0.2, 0) is 19.6 Å². The van der Waals surface area contributed by atoms with Crippen LogP contribution in [0.1, 0.15) is 10.4 Å². The predicted octanol–water partition coefficient (Wildman–Crippen LogP) is 2.97. The van der Waals surface area contributed by atoms with E-state index in [1.54, 1.807) is 16.8 Å². The molecule has 1 aliphatic heterocycles. The molecular weight excluding hydrogens is 426 g/mol. The molecule has 11 heteroatoms. The van der Waals surface area contributed by atoms with Crippen LogP contribution in [0.4, 0.5) is 25.0 Å². The molecule has 0 bridgehead atoms. The SMILES string of the molecule is CN1Cc2ccccc2N(c2csc(Cn3cnn(CC(CN)=C(F)F)c3=O)c2)C1=O. The summed E-state index contributed by atoms with van der Waals surface area (Å²) in [6.45, 7) is 0.0417. The highest BCUT2D eigenvalue weighted by molar-refractivity contribution is 7.10. The Bertz CT molecular complexity index is 1210. The Balaban J connectivity index is 1.58. The number of aromatic nitrogens is 3. The first kappa shape index (κ1) is 20.9. The number of halogens is 2. The van der Waals surface area contributed by atoms with Gasteiger partial charge in [-0.2, -0.15) is 13.9 Å². The van der Waals surface area contributed by atoms with E-state index in [0.29, 0.717) is 12.2 Å². The number of para-hydroxylation sites is 1. The summed E-state index contributed by atoms with van der Waals surface area (Å²) < 4.78 is 27.9. The minimum Gasteiger partial charge on any atom is -0.327 e. The van der Waals surface area contributed by atoms with Gasteiger partial charge in [-0.05, 0) is 17.7 Å². The molecule has 2 aromatic heterocycles. The quantitative estimate of drug-likeness (QED) is 0.631. The number of nitrogens with zero attached hydrogens (tertiary/aromatic N) is 5. The topological polar surface area (TPSA) is 89.4 Å². The molecule has 31 heavy (non-hydrogen) atoms. The van der Waals surface area contributed by atoms with Crippen molar-refractivity contribution in [3.05, 3.63) is 74.6 Å². The number of hydrogen-bond donors (Lipinski definition) is 1. The smallest absolute Gasteiger partial charge is 0.327 e. The van der Waals surface area contributed by atoms with Crippen molar-refractivity contribution in [2.24, 2.45) is 5.73 Å². The fraction of sp³-hybridized carbons (Fsp3) is 0.250. The number of fused-ring (bicyclic) bond motifs is 1. The summed E-state index contributed by atoms with van der Waals surface area (Å²) in [5, 5.41) is 5.76. The Kier molecular flexibility index (Phi) is 5.70. The van der Waals surface area contributed by atoms with Gasteiger partial charge in [0, 0.05) is 36.0 Å². The summed E-state index contributed by atoms with van der Waals surface area (Å²) in [4.78, 5) is 29.4. The lowest BCUT2D eigenvalue weighted by Gasteiger charge is -2.34. The van der Waals surface area contributed by atoms with E-state index in [4.69, 9.17) is 5.73 Å². The van der Waals surface area contributed by atoms with Gasteiger partial charge in [0.15, 0.2) is 0 Å². The van der Waals surface area contributed by atoms with Crippen LogP contribution in [0.5, 0.6) is 0 Å². The van der Waals surface area contributed by atoms with Gasteiger partial charge in [-0.1, -0.05) is 18.2 Å². The van der Waals surface area contributed by atoms with Gasteiger partial charge in [0.25, 0.3) is 6.08 Å². The molecule has 0 fully saturated rings. The molecule has 0 saturated carbocycles. The summed E-state index contributed by atoms with van der Waals surface area (Å²) in [5.41, 5.74) is 7.03. The highest BCUT2D eigenvalue weighted by Crippen LogP contribution is 2.36. The van der Waals surface area contributed by atoms with Crippen molar-refractivity contribution in [1.29, 1.82) is 0 Å². The van der Waals surface area contributed by atoms with Gasteiger partial charge >= 0.3 is 11.7 Å². The number of urea groups is 1. The van der Waals surface area contributed by atoms with Gasteiger partial charge in [-0.3, -0.25) is 9.47 Å². The minimum absolute atomic E-state index is 0.137. The van der Waals surface area contributed by atoms with Crippen LogP contribution in [-0.4, -0.2) is 38.9 Å². The molecule has 1 aliphatic rings. The average molecular weight is 446 g/mol. The molecule has 2 N–H and O–H groups in total. The minimum atomic E-state index is -1.90.